The van der Waals surface area contributed by atoms with Crippen LogP contribution in [0.5, 0.6) is 0 Å². The molecule has 0 aliphatic heterocycles. The molecule has 0 aliphatic carbocycles. The van der Waals surface area contributed by atoms with E-state index < -0.39 is 11.9 Å². The summed E-state index contributed by atoms with van der Waals surface area (Å²) in [5.41, 5.74) is 0. The van der Waals surface area contributed by atoms with Gasteiger partial charge in [-0.3, -0.25) is 9.59 Å². The normalized spacial score (nSPS) is 10.0. The molecular weight excluding hydrogens is 200 g/mol. The summed E-state index contributed by atoms with van der Waals surface area (Å²) in [5, 5.41) is 0. The molecule has 0 fully saturated rings. The second kappa shape index (κ2) is 7.73. The lowest BCUT2D eigenvalue weighted by molar-refractivity contribution is -0.141. The number of ketones is 1. The van der Waals surface area contributed by atoms with Crippen molar-refractivity contribution in [1.29, 1.82) is 0 Å². The third-order valence-corrected chi connectivity index (χ3v) is 1.50. The summed E-state index contributed by atoms with van der Waals surface area (Å²) in [5.74, 6) is -1.33. The molecule has 0 unspecified atom stereocenters. The van der Waals surface area contributed by atoms with Gasteiger partial charge in [0.25, 0.3) is 0 Å². The van der Waals surface area contributed by atoms with Gasteiger partial charge in [0.1, 0.15) is 0 Å². The molecular formula is C10H14O5. The lowest BCUT2D eigenvalue weighted by Gasteiger charge is -1.96. The zero-order valence-electron chi connectivity index (χ0n) is 8.82. The molecule has 0 aromatic rings. The van der Waals surface area contributed by atoms with Crippen molar-refractivity contribution in [3.8, 4) is 0 Å². The van der Waals surface area contributed by atoms with E-state index >= 15 is 0 Å². The van der Waals surface area contributed by atoms with Gasteiger partial charge < -0.3 is 9.47 Å². The van der Waals surface area contributed by atoms with Gasteiger partial charge >= 0.3 is 11.9 Å². The van der Waals surface area contributed by atoms with Crippen LogP contribution in [0.25, 0.3) is 0 Å². The second-order valence-corrected chi connectivity index (χ2v) is 2.63. The molecule has 0 aromatic heterocycles. The summed E-state index contributed by atoms with van der Waals surface area (Å²) < 4.78 is 8.93. The number of ether oxygens (including phenoxy) is 2. The summed E-state index contributed by atoms with van der Waals surface area (Å²) in [6, 6.07) is 0. The summed E-state index contributed by atoms with van der Waals surface area (Å²) >= 11 is 0. The summed E-state index contributed by atoms with van der Waals surface area (Å²) in [7, 11) is 1.25. The van der Waals surface area contributed by atoms with E-state index in [2.05, 4.69) is 9.47 Å². The van der Waals surface area contributed by atoms with Crippen LogP contribution < -0.4 is 0 Å². The van der Waals surface area contributed by atoms with Crippen molar-refractivity contribution >= 4 is 17.7 Å². The molecule has 84 valence electrons. The molecule has 0 bridgehead atoms. The lowest BCUT2D eigenvalue weighted by Crippen LogP contribution is -2.05. The zero-order valence-corrected chi connectivity index (χ0v) is 8.82. The van der Waals surface area contributed by atoms with Crippen LogP contribution >= 0.6 is 0 Å². The molecule has 0 N–H and O–H groups in total. The largest absolute Gasteiger partial charge is 0.469 e. The number of methoxy groups -OCH3 is 1. The third-order valence-electron chi connectivity index (χ3n) is 1.50. The van der Waals surface area contributed by atoms with Crippen LogP contribution in [0.1, 0.15) is 19.8 Å². The van der Waals surface area contributed by atoms with Crippen LogP contribution in [0.3, 0.4) is 0 Å². The number of esters is 2. The van der Waals surface area contributed by atoms with E-state index in [-0.39, 0.29) is 25.2 Å². The molecule has 0 amide bonds. The number of hydrogen-bond acceptors (Lipinski definition) is 5. The van der Waals surface area contributed by atoms with Gasteiger partial charge in [-0.1, -0.05) is 0 Å². The van der Waals surface area contributed by atoms with E-state index in [4.69, 9.17) is 0 Å². The maximum atomic E-state index is 11.1. The summed E-state index contributed by atoms with van der Waals surface area (Å²) in [6.45, 7) is 1.93. The minimum atomic E-state index is -0.566. The molecule has 15 heavy (non-hydrogen) atoms. The smallest absolute Gasteiger partial charge is 0.330 e. The van der Waals surface area contributed by atoms with Crippen LogP contribution in [0.15, 0.2) is 12.2 Å². The molecule has 0 radical (unpaired) electrons. The minimum absolute atomic E-state index is 0.0164. The van der Waals surface area contributed by atoms with Crippen molar-refractivity contribution in [3.63, 3.8) is 0 Å². The molecule has 0 atom stereocenters. The SMILES string of the molecule is CCOC(=O)/C=C/C(=O)CCC(=O)OC. The van der Waals surface area contributed by atoms with Crippen LogP contribution in [0.4, 0.5) is 0 Å². The van der Waals surface area contributed by atoms with Gasteiger partial charge in [0, 0.05) is 12.5 Å². The predicted octanol–water partition coefficient (Wildman–Crippen LogP) is 0.628. The molecule has 5 heteroatoms. The summed E-state index contributed by atoms with van der Waals surface area (Å²) in [4.78, 5) is 32.5. The molecule has 0 aromatic carbocycles. The molecule has 0 rings (SSSR count). The van der Waals surface area contributed by atoms with Gasteiger partial charge in [-0.25, -0.2) is 4.79 Å². The quantitative estimate of drug-likeness (QED) is 0.479. The Morgan fingerprint density at radius 2 is 1.80 bits per heavy atom. The van der Waals surface area contributed by atoms with Gasteiger partial charge in [-0.2, -0.15) is 0 Å². The first kappa shape index (κ1) is 13.4. The highest BCUT2D eigenvalue weighted by atomic mass is 16.5. The molecule has 0 heterocycles. The van der Waals surface area contributed by atoms with Crippen molar-refractivity contribution in [2.75, 3.05) is 13.7 Å². The van der Waals surface area contributed by atoms with Gasteiger partial charge in [-0.15, -0.1) is 0 Å². The average Bonchev–Trinajstić information content (AvgIpc) is 2.23. The first-order valence-corrected chi connectivity index (χ1v) is 4.54. The van der Waals surface area contributed by atoms with Crippen molar-refractivity contribution < 1.29 is 23.9 Å². The highest BCUT2D eigenvalue weighted by Crippen LogP contribution is 1.95. The van der Waals surface area contributed by atoms with E-state index in [1.54, 1.807) is 6.92 Å². The highest BCUT2D eigenvalue weighted by molar-refractivity contribution is 5.96. The van der Waals surface area contributed by atoms with Crippen molar-refractivity contribution in [3.05, 3.63) is 12.2 Å². The molecule has 0 saturated heterocycles. The lowest BCUT2D eigenvalue weighted by atomic mass is 10.2. The van der Waals surface area contributed by atoms with E-state index in [1.165, 1.54) is 7.11 Å². The van der Waals surface area contributed by atoms with Crippen LogP contribution in [0, 0.1) is 0 Å². The van der Waals surface area contributed by atoms with Gasteiger partial charge in [0.05, 0.1) is 20.1 Å². The summed E-state index contributed by atoms with van der Waals surface area (Å²) in [6.07, 6.45) is 2.19. The van der Waals surface area contributed by atoms with Crippen LogP contribution in [-0.4, -0.2) is 31.4 Å². The maximum Gasteiger partial charge on any atom is 0.330 e. The molecule has 5 nitrogen and oxygen atoms in total. The maximum absolute atomic E-state index is 11.1. The van der Waals surface area contributed by atoms with Crippen molar-refractivity contribution in [2.24, 2.45) is 0 Å². The highest BCUT2D eigenvalue weighted by Gasteiger charge is 2.04. The Bertz CT molecular complexity index is 267. The Balaban J connectivity index is 3.83. The Morgan fingerprint density at radius 1 is 1.13 bits per heavy atom. The van der Waals surface area contributed by atoms with E-state index in [0.29, 0.717) is 0 Å². The third kappa shape index (κ3) is 7.42. The fourth-order valence-electron chi connectivity index (χ4n) is 0.762. The second-order valence-electron chi connectivity index (χ2n) is 2.63. The monoisotopic (exact) mass is 214 g/mol. The number of hydrogen-bond donors (Lipinski definition) is 0. The Kier molecular flexibility index (Phi) is 6.88. The molecule has 0 spiro atoms. The van der Waals surface area contributed by atoms with E-state index in [1.807, 2.05) is 0 Å². The first-order valence-electron chi connectivity index (χ1n) is 4.54. The number of carbonyl (C=O) groups is 3. The number of carbonyl (C=O) groups excluding carboxylic acids is 3. The molecule has 0 saturated carbocycles. The van der Waals surface area contributed by atoms with E-state index in [9.17, 15) is 14.4 Å². The Morgan fingerprint density at radius 3 is 2.33 bits per heavy atom. The Labute approximate surface area is 88.0 Å². The fourth-order valence-corrected chi connectivity index (χ4v) is 0.762. The van der Waals surface area contributed by atoms with Crippen molar-refractivity contribution in [2.45, 2.75) is 19.8 Å². The van der Waals surface area contributed by atoms with Crippen LogP contribution in [-0.2, 0) is 23.9 Å². The van der Waals surface area contributed by atoms with Gasteiger partial charge in [-0.05, 0) is 13.0 Å². The van der Waals surface area contributed by atoms with Crippen LogP contribution in [0.2, 0.25) is 0 Å². The number of allylic oxidation sites excluding steroid dienone is 1. The molecule has 0 aliphatic rings. The Hall–Kier alpha value is -1.65. The van der Waals surface area contributed by atoms with Gasteiger partial charge in [0.15, 0.2) is 5.78 Å². The number of rotatable bonds is 6. The fraction of sp³-hybridized carbons (Fsp3) is 0.500. The average molecular weight is 214 g/mol. The zero-order chi connectivity index (χ0) is 11.7. The predicted molar refractivity (Wildman–Crippen MR) is 52.0 cm³/mol. The topological polar surface area (TPSA) is 69.7 Å². The van der Waals surface area contributed by atoms with Crippen molar-refractivity contribution in [1.82, 2.24) is 0 Å². The standard InChI is InChI=1S/C10H14O5/c1-3-15-10(13)7-5-8(11)4-6-9(12)14-2/h5,7H,3-4,6H2,1-2H3/b7-5+. The first-order chi connectivity index (χ1) is 7.10. The van der Waals surface area contributed by atoms with E-state index in [0.717, 1.165) is 12.2 Å². The van der Waals surface area contributed by atoms with Gasteiger partial charge in [0.2, 0.25) is 0 Å². The minimum Gasteiger partial charge on any atom is -0.469 e.